The highest BCUT2D eigenvalue weighted by molar-refractivity contribution is 5.89. The molecule has 0 radical (unpaired) electrons. The predicted octanol–water partition coefficient (Wildman–Crippen LogP) is 8.60. The van der Waals surface area contributed by atoms with Crippen LogP contribution in [0, 0.1) is 0 Å². The molecule has 0 spiro atoms. The van der Waals surface area contributed by atoms with E-state index in [2.05, 4.69) is 64.7 Å². The van der Waals surface area contributed by atoms with Crippen molar-refractivity contribution in [2.45, 2.75) is 64.8 Å². The number of ether oxygens (including phenoxy) is 1. The molecule has 0 aliphatic carbocycles. The third kappa shape index (κ3) is 6.74. The highest BCUT2D eigenvalue weighted by Gasteiger charge is 2.42. The van der Waals surface area contributed by atoms with Gasteiger partial charge in [0.05, 0.1) is 5.69 Å². The van der Waals surface area contributed by atoms with Crippen LogP contribution in [-0.4, -0.2) is 40.8 Å². The van der Waals surface area contributed by atoms with E-state index in [1.165, 1.54) is 0 Å². The van der Waals surface area contributed by atoms with Gasteiger partial charge < -0.3 is 14.4 Å². The van der Waals surface area contributed by atoms with E-state index in [9.17, 15) is 9.90 Å². The molecule has 2 aromatic heterocycles. The number of nitrogens with zero attached hydrogens (tertiary/aromatic N) is 6. The van der Waals surface area contributed by atoms with Gasteiger partial charge in [-0.15, -0.1) is 5.10 Å². The van der Waals surface area contributed by atoms with Gasteiger partial charge in [-0.05, 0) is 71.0 Å². The Hall–Kier alpha value is -6.19. The number of aliphatic hydroxyl groups is 1. The molecule has 0 atom stereocenters. The Kier molecular flexibility index (Phi) is 10.3. The standard InChI is InChI=1S/C45H44N6O3/c1-5-18-39-46-40(41(44(3,4)53)50(39)6-2)43(52)54-31-32-27-29-33(30-28-32)37-25-16-17-26-38(37)42-47-48-49-51(42)45(34-19-10-7-11-20-34,35-21-12-8-13-22-35)36-23-14-9-15-24-36/h7-17,19-30,53H,5-6,18,31H2,1-4H3. The fraction of sp³-hybridized carbons (Fsp3) is 0.222. The van der Waals surface area contributed by atoms with Crippen molar-refractivity contribution in [1.82, 2.24) is 29.8 Å². The molecule has 2 heterocycles. The van der Waals surface area contributed by atoms with Crippen LogP contribution in [0.4, 0.5) is 0 Å². The Morgan fingerprint density at radius 2 is 1.26 bits per heavy atom. The molecule has 0 unspecified atom stereocenters. The number of imidazole rings is 1. The van der Waals surface area contributed by atoms with Crippen LogP contribution in [0.5, 0.6) is 0 Å². The molecular formula is C45H44N6O3. The van der Waals surface area contributed by atoms with Crippen molar-refractivity contribution in [2.75, 3.05) is 0 Å². The minimum atomic E-state index is -1.26. The van der Waals surface area contributed by atoms with Crippen molar-refractivity contribution >= 4 is 5.97 Å². The van der Waals surface area contributed by atoms with E-state index in [4.69, 9.17) is 9.95 Å². The van der Waals surface area contributed by atoms with Gasteiger partial charge in [0, 0.05) is 18.5 Å². The average Bonchev–Trinajstić information content (AvgIpc) is 3.85. The SMILES string of the molecule is CCCc1nc(C(=O)OCc2ccc(-c3ccccc3-c3nnnn3C(c3ccccc3)(c3ccccc3)c3ccccc3)cc2)c(C(C)(C)O)n1CC. The third-order valence-electron chi connectivity index (χ3n) is 9.77. The van der Waals surface area contributed by atoms with Crippen LogP contribution in [0.15, 0.2) is 140 Å². The minimum absolute atomic E-state index is 0.0557. The molecule has 5 aromatic carbocycles. The van der Waals surface area contributed by atoms with Gasteiger partial charge in [-0.1, -0.05) is 146 Å². The third-order valence-corrected chi connectivity index (χ3v) is 9.77. The summed E-state index contributed by atoms with van der Waals surface area (Å²) in [6.07, 6.45) is 1.57. The Morgan fingerprint density at radius 3 is 1.78 bits per heavy atom. The lowest BCUT2D eigenvalue weighted by molar-refractivity contribution is 0.0421. The molecule has 7 aromatic rings. The fourth-order valence-corrected chi connectivity index (χ4v) is 7.43. The van der Waals surface area contributed by atoms with Gasteiger partial charge >= 0.3 is 5.97 Å². The van der Waals surface area contributed by atoms with E-state index in [0.717, 1.165) is 51.2 Å². The summed E-state index contributed by atoms with van der Waals surface area (Å²) >= 11 is 0. The highest BCUT2D eigenvalue weighted by Crippen LogP contribution is 2.43. The normalized spacial score (nSPS) is 11.8. The number of hydrogen-bond donors (Lipinski definition) is 1. The molecule has 0 saturated heterocycles. The van der Waals surface area contributed by atoms with Crippen molar-refractivity contribution in [1.29, 1.82) is 0 Å². The lowest BCUT2D eigenvalue weighted by atomic mass is 9.77. The maximum atomic E-state index is 13.4. The number of carbonyl (C=O) groups excluding carboxylic acids is 1. The zero-order valence-corrected chi connectivity index (χ0v) is 31.1. The van der Waals surface area contributed by atoms with Crippen LogP contribution in [-0.2, 0) is 35.4 Å². The van der Waals surface area contributed by atoms with Gasteiger partial charge in [0.2, 0.25) is 0 Å². The number of hydrogen-bond acceptors (Lipinski definition) is 7. The van der Waals surface area contributed by atoms with Gasteiger partial charge in [-0.25, -0.2) is 14.5 Å². The molecule has 0 amide bonds. The van der Waals surface area contributed by atoms with E-state index in [0.29, 0.717) is 24.5 Å². The first kappa shape index (κ1) is 36.2. The summed E-state index contributed by atoms with van der Waals surface area (Å²) in [6, 6.07) is 47.1. The minimum Gasteiger partial charge on any atom is -0.456 e. The van der Waals surface area contributed by atoms with Crippen LogP contribution in [0.3, 0.4) is 0 Å². The molecule has 0 fully saturated rings. The van der Waals surface area contributed by atoms with E-state index >= 15 is 0 Å². The second-order valence-electron chi connectivity index (χ2n) is 13.8. The van der Waals surface area contributed by atoms with Crippen LogP contribution >= 0.6 is 0 Å². The van der Waals surface area contributed by atoms with Crippen molar-refractivity contribution < 1.29 is 14.6 Å². The second kappa shape index (κ2) is 15.4. The smallest absolute Gasteiger partial charge is 0.359 e. The van der Waals surface area contributed by atoms with Crippen molar-refractivity contribution in [3.05, 3.63) is 179 Å². The molecule has 0 bridgehead atoms. The molecule has 0 saturated carbocycles. The fourth-order valence-electron chi connectivity index (χ4n) is 7.43. The number of carbonyl (C=O) groups is 1. The molecule has 9 nitrogen and oxygen atoms in total. The number of rotatable bonds is 13. The first-order valence-electron chi connectivity index (χ1n) is 18.4. The maximum absolute atomic E-state index is 13.4. The molecule has 1 N–H and O–H groups in total. The second-order valence-corrected chi connectivity index (χ2v) is 13.8. The summed E-state index contributed by atoms with van der Waals surface area (Å²) in [5.74, 6) is 0.820. The molecule has 7 rings (SSSR count). The first-order valence-corrected chi connectivity index (χ1v) is 18.4. The van der Waals surface area contributed by atoms with Crippen LogP contribution in [0.25, 0.3) is 22.5 Å². The summed E-state index contributed by atoms with van der Waals surface area (Å²) < 4.78 is 9.65. The summed E-state index contributed by atoms with van der Waals surface area (Å²) in [5, 5.41) is 24.7. The van der Waals surface area contributed by atoms with Gasteiger partial charge in [0.1, 0.15) is 23.6 Å². The van der Waals surface area contributed by atoms with Crippen LogP contribution in [0.2, 0.25) is 0 Å². The molecule has 9 heteroatoms. The van der Waals surface area contributed by atoms with E-state index < -0.39 is 17.1 Å². The van der Waals surface area contributed by atoms with Gasteiger partial charge in [0.15, 0.2) is 11.5 Å². The Balaban J connectivity index is 1.24. The number of aromatic nitrogens is 6. The molecule has 272 valence electrons. The first-order chi connectivity index (χ1) is 26.3. The number of tetrazole rings is 1. The number of esters is 1. The zero-order valence-electron chi connectivity index (χ0n) is 31.1. The Bertz CT molecular complexity index is 2230. The van der Waals surface area contributed by atoms with Crippen molar-refractivity contribution in [3.8, 4) is 22.5 Å². The lowest BCUT2D eigenvalue weighted by Crippen LogP contribution is -2.39. The maximum Gasteiger partial charge on any atom is 0.359 e. The summed E-state index contributed by atoms with van der Waals surface area (Å²) in [6.45, 7) is 8.03. The predicted molar refractivity (Wildman–Crippen MR) is 210 cm³/mol. The zero-order chi connectivity index (χ0) is 37.7. The van der Waals surface area contributed by atoms with E-state index in [1.807, 2.05) is 113 Å². The van der Waals surface area contributed by atoms with Gasteiger partial charge in [0.25, 0.3) is 0 Å². The quantitative estimate of drug-likeness (QED) is 0.0941. The Labute approximate surface area is 315 Å². The van der Waals surface area contributed by atoms with E-state index in [1.54, 1.807) is 13.8 Å². The topological polar surface area (TPSA) is 108 Å². The number of benzene rings is 5. The summed E-state index contributed by atoms with van der Waals surface area (Å²) in [4.78, 5) is 18.1. The molecule has 54 heavy (non-hydrogen) atoms. The van der Waals surface area contributed by atoms with E-state index in [-0.39, 0.29) is 12.3 Å². The van der Waals surface area contributed by atoms with Gasteiger partial charge in [-0.2, -0.15) is 0 Å². The largest absolute Gasteiger partial charge is 0.456 e. The molecule has 0 aliphatic rings. The van der Waals surface area contributed by atoms with Crippen molar-refractivity contribution in [2.24, 2.45) is 0 Å². The van der Waals surface area contributed by atoms with Gasteiger partial charge in [-0.3, -0.25) is 0 Å². The van der Waals surface area contributed by atoms with Crippen molar-refractivity contribution in [3.63, 3.8) is 0 Å². The summed E-state index contributed by atoms with van der Waals surface area (Å²) in [5.41, 5.74) is 5.12. The molecule has 0 aliphatic heterocycles. The van der Waals surface area contributed by atoms with Crippen LogP contribution in [0.1, 0.15) is 78.4 Å². The summed E-state index contributed by atoms with van der Waals surface area (Å²) in [7, 11) is 0. The molecular weight excluding hydrogens is 673 g/mol. The Morgan fingerprint density at radius 1 is 0.722 bits per heavy atom. The monoisotopic (exact) mass is 716 g/mol. The highest BCUT2D eigenvalue weighted by atomic mass is 16.5. The average molecular weight is 717 g/mol. The van der Waals surface area contributed by atoms with Crippen LogP contribution < -0.4 is 0 Å². The lowest BCUT2D eigenvalue weighted by Gasteiger charge is -2.36. The number of aryl methyl sites for hydroxylation is 1.